The highest BCUT2D eigenvalue weighted by Gasteiger charge is 2.94. The van der Waals surface area contributed by atoms with E-state index < -0.39 is 69.7 Å². The number of nitrogens with two attached hydrogens (primary N) is 1. The normalized spacial score (nSPS) is 16.8. The third-order valence-corrected chi connectivity index (χ3v) is 4.51. The summed E-state index contributed by atoms with van der Waals surface area (Å²) < 4.78 is 261. The molecule has 0 bridgehead atoms. The summed E-state index contributed by atoms with van der Waals surface area (Å²) in [5.74, 6) is -58.9. The first-order valence-electron chi connectivity index (χ1n) is 7.91. The molecule has 0 aliphatic rings. The third-order valence-electron chi connectivity index (χ3n) is 3.70. The van der Waals surface area contributed by atoms with Crippen molar-refractivity contribution in [3.05, 3.63) is 12.7 Å². The van der Waals surface area contributed by atoms with E-state index in [4.69, 9.17) is 10.3 Å². The molecule has 0 rings (SSSR count). The molecule has 218 valence electrons. The zero-order valence-corrected chi connectivity index (χ0v) is 17.1. The summed E-state index contributed by atoms with van der Waals surface area (Å²) in [4.78, 5) is 0. The summed E-state index contributed by atoms with van der Waals surface area (Å²) in [6.45, 7) is 3.94. The van der Waals surface area contributed by atoms with Crippen LogP contribution < -0.4 is 5.73 Å². The summed E-state index contributed by atoms with van der Waals surface area (Å²) in [6, 6.07) is 0. The smallest absolute Gasteiger partial charge is 0.327 e. The SMILES string of the molecule is C=CCN.O=S(=O)(O)C(F)C(F)(F)C(F)(F)C(F)(F)C(F)(F)C(F)(F)C(F)(F)C(F)(F)C(F)C(F)F. The van der Waals surface area contributed by atoms with E-state index >= 15 is 0 Å². The summed E-state index contributed by atoms with van der Waals surface area (Å²) in [6.07, 6.45) is -9.57. The van der Waals surface area contributed by atoms with Gasteiger partial charge in [-0.25, -0.2) is 17.6 Å². The molecule has 0 aromatic carbocycles. The lowest BCUT2D eigenvalue weighted by Crippen LogP contribution is -2.75. The molecule has 0 aromatic rings. The molecule has 0 spiro atoms. The predicted octanol–water partition coefficient (Wildman–Crippen LogP) is 5.35. The highest BCUT2D eigenvalue weighted by Crippen LogP contribution is 2.63. The van der Waals surface area contributed by atoms with Crippen LogP contribution in [-0.2, 0) is 10.1 Å². The maximum Gasteiger partial charge on any atom is 0.384 e. The van der Waals surface area contributed by atoms with Crippen LogP contribution in [-0.4, -0.2) is 79.1 Å². The molecule has 0 aliphatic heterocycles. The molecule has 2 unspecified atom stereocenters. The molecule has 3 N–H and O–H groups in total. The second-order valence-electron chi connectivity index (χ2n) is 6.21. The second kappa shape index (κ2) is 10.6. The molecule has 2 atom stereocenters. The van der Waals surface area contributed by atoms with Crippen molar-refractivity contribution in [1.82, 2.24) is 0 Å². The lowest BCUT2D eigenvalue weighted by molar-refractivity contribution is -0.446. The molecule has 23 heteroatoms. The van der Waals surface area contributed by atoms with E-state index in [0.29, 0.717) is 6.54 Å². The van der Waals surface area contributed by atoms with Gasteiger partial charge < -0.3 is 5.73 Å². The van der Waals surface area contributed by atoms with E-state index in [-0.39, 0.29) is 0 Å². The Morgan fingerprint density at radius 1 is 0.667 bits per heavy atom. The standard InChI is InChI=1S/C10H4F18O3S.C3H7N/c11-1(2(12)13)4(15,16)6(19,20)8(23,24)10(27,28)9(25,26)7(21,22)5(17,18)3(14)32(29,30)31;1-2-3-4/h1-3H,(H,29,30,31);2H,1,3-4H2. The van der Waals surface area contributed by atoms with E-state index in [1.54, 1.807) is 6.08 Å². The third kappa shape index (κ3) is 5.60. The quantitative estimate of drug-likeness (QED) is 0.190. The largest absolute Gasteiger partial charge is 0.384 e. The average molecular weight is 603 g/mol. The van der Waals surface area contributed by atoms with E-state index in [0.717, 1.165) is 0 Å². The van der Waals surface area contributed by atoms with Gasteiger partial charge in [0.25, 0.3) is 11.9 Å². The van der Waals surface area contributed by atoms with Crippen LogP contribution in [0.2, 0.25) is 0 Å². The van der Waals surface area contributed by atoms with Gasteiger partial charge in [-0.1, -0.05) is 6.08 Å². The lowest BCUT2D eigenvalue weighted by atomic mass is 9.88. The van der Waals surface area contributed by atoms with Crippen molar-refractivity contribution >= 4 is 10.1 Å². The predicted molar refractivity (Wildman–Crippen MR) is 81.2 cm³/mol. The molecule has 0 aromatic heterocycles. The number of rotatable bonds is 11. The van der Waals surface area contributed by atoms with Gasteiger partial charge in [0.1, 0.15) is 0 Å². The maximum absolute atomic E-state index is 13.3. The minimum absolute atomic E-state index is 0.583. The molecular weight excluding hydrogens is 592 g/mol. The zero-order valence-electron chi connectivity index (χ0n) is 16.3. The first-order chi connectivity index (χ1) is 15.4. The monoisotopic (exact) mass is 603 g/mol. The van der Waals surface area contributed by atoms with Crippen molar-refractivity contribution in [2.45, 2.75) is 59.6 Å². The van der Waals surface area contributed by atoms with E-state index in [1.165, 1.54) is 0 Å². The molecule has 0 heterocycles. The van der Waals surface area contributed by atoms with Crippen molar-refractivity contribution in [2.75, 3.05) is 6.54 Å². The van der Waals surface area contributed by atoms with Crippen LogP contribution in [0.25, 0.3) is 0 Å². The van der Waals surface area contributed by atoms with Crippen LogP contribution in [0, 0.1) is 0 Å². The van der Waals surface area contributed by atoms with Crippen molar-refractivity contribution in [1.29, 1.82) is 0 Å². The highest BCUT2D eigenvalue weighted by atomic mass is 32.2. The minimum Gasteiger partial charge on any atom is -0.327 e. The van der Waals surface area contributed by atoms with Crippen molar-refractivity contribution < 1.29 is 92.0 Å². The van der Waals surface area contributed by atoms with Crippen LogP contribution in [0.1, 0.15) is 0 Å². The Kier molecular flexibility index (Phi) is 10.8. The van der Waals surface area contributed by atoms with Gasteiger partial charge in [0, 0.05) is 6.54 Å². The Hall–Kier alpha value is -1.65. The lowest BCUT2D eigenvalue weighted by Gasteiger charge is -2.43. The van der Waals surface area contributed by atoms with Crippen LogP contribution in [0.3, 0.4) is 0 Å². The molecule has 4 nitrogen and oxygen atoms in total. The Labute approximate surface area is 187 Å². The van der Waals surface area contributed by atoms with Gasteiger partial charge in [-0.15, -0.1) is 6.58 Å². The zero-order chi connectivity index (χ0) is 30.1. The molecule has 0 radical (unpaired) electrons. The minimum atomic E-state index is -8.87. The van der Waals surface area contributed by atoms with Crippen molar-refractivity contribution in [3.8, 4) is 0 Å². The van der Waals surface area contributed by atoms with Crippen LogP contribution >= 0.6 is 0 Å². The summed E-state index contributed by atoms with van der Waals surface area (Å²) >= 11 is 0. The second-order valence-corrected chi connectivity index (χ2v) is 7.65. The van der Waals surface area contributed by atoms with Crippen molar-refractivity contribution in [3.63, 3.8) is 0 Å². The van der Waals surface area contributed by atoms with Gasteiger partial charge in [0.2, 0.25) is 6.17 Å². The fourth-order valence-electron chi connectivity index (χ4n) is 1.67. The van der Waals surface area contributed by atoms with Gasteiger partial charge in [0.05, 0.1) is 0 Å². The molecule has 0 saturated carbocycles. The Bertz CT molecular complexity index is 858. The number of hydrogen-bond acceptors (Lipinski definition) is 3. The van der Waals surface area contributed by atoms with E-state index in [1.807, 2.05) is 0 Å². The summed E-state index contributed by atoms with van der Waals surface area (Å²) in [5.41, 5.74) is -1.09. The van der Waals surface area contributed by atoms with Crippen LogP contribution in [0.5, 0.6) is 0 Å². The van der Waals surface area contributed by atoms with Gasteiger partial charge >= 0.3 is 51.6 Å². The summed E-state index contributed by atoms with van der Waals surface area (Å²) in [7, 11) is -7.22. The van der Waals surface area contributed by atoms with E-state index in [9.17, 15) is 87.4 Å². The van der Waals surface area contributed by atoms with Gasteiger partial charge in [-0.2, -0.15) is 69.9 Å². The molecule has 0 fully saturated rings. The number of alkyl halides is 18. The first kappa shape index (κ1) is 36.5. The highest BCUT2D eigenvalue weighted by molar-refractivity contribution is 7.86. The molecule has 0 amide bonds. The number of hydrogen-bond donors (Lipinski definition) is 2. The average Bonchev–Trinajstić information content (AvgIpc) is 2.70. The fraction of sp³-hybridized carbons (Fsp3) is 0.846. The fourth-order valence-corrected chi connectivity index (χ4v) is 2.19. The molecule has 36 heavy (non-hydrogen) atoms. The summed E-state index contributed by atoms with van der Waals surface area (Å²) in [5, 5.41) is 0. The van der Waals surface area contributed by atoms with Gasteiger partial charge in [-0.3, -0.25) is 4.55 Å². The topological polar surface area (TPSA) is 80.4 Å². The van der Waals surface area contributed by atoms with E-state index in [2.05, 4.69) is 6.58 Å². The Balaban J connectivity index is 0. The Morgan fingerprint density at radius 2 is 0.917 bits per heavy atom. The van der Waals surface area contributed by atoms with Gasteiger partial charge in [-0.05, 0) is 0 Å². The first-order valence-corrected chi connectivity index (χ1v) is 9.41. The van der Waals surface area contributed by atoms with Crippen LogP contribution in [0.4, 0.5) is 79.0 Å². The van der Waals surface area contributed by atoms with Crippen molar-refractivity contribution in [2.24, 2.45) is 5.73 Å². The molecule has 0 aliphatic carbocycles. The molecular formula is C13H11F18NO3S. The van der Waals surface area contributed by atoms with Gasteiger partial charge in [0.15, 0.2) is 0 Å². The van der Waals surface area contributed by atoms with Crippen LogP contribution in [0.15, 0.2) is 12.7 Å². The Morgan fingerprint density at radius 3 is 1.14 bits per heavy atom. The molecule has 0 saturated heterocycles. The number of halogens is 18. The maximum atomic E-state index is 13.3.